The highest BCUT2D eigenvalue weighted by atomic mass is 16.5. The fraction of sp³-hybridized carbons (Fsp3) is 0.375. The third-order valence-corrected chi connectivity index (χ3v) is 3.06. The van der Waals surface area contributed by atoms with Crippen molar-refractivity contribution < 1.29 is 9.15 Å². The largest absolute Gasteiger partial charge is 0.464 e. The smallest absolute Gasteiger partial charge is 0.134 e. The molecule has 2 N–H and O–H groups in total. The Morgan fingerprint density at radius 1 is 1.16 bits per heavy atom. The Kier molecular flexibility index (Phi) is 5.19. The summed E-state index contributed by atoms with van der Waals surface area (Å²) in [6.45, 7) is 3.06. The molecule has 1 unspecified atom stereocenters. The van der Waals surface area contributed by atoms with Gasteiger partial charge in [-0.05, 0) is 37.5 Å². The maximum absolute atomic E-state index is 5.79. The van der Waals surface area contributed by atoms with Crippen molar-refractivity contribution in [2.45, 2.75) is 25.9 Å². The number of furan rings is 1. The second-order valence-corrected chi connectivity index (χ2v) is 4.63. The SMILES string of the molecule is Cc1ccc(C(CN)OCCCc2ccccc2)o1. The summed E-state index contributed by atoms with van der Waals surface area (Å²) in [6.07, 6.45) is 1.87. The van der Waals surface area contributed by atoms with E-state index in [1.807, 2.05) is 25.1 Å². The quantitative estimate of drug-likeness (QED) is 0.776. The molecule has 0 fully saturated rings. The fourth-order valence-electron chi connectivity index (χ4n) is 2.04. The highest BCUT2D eigenvalue weighted by Crippen LogP contribution is 2.19. The maximum atomic E-state index is 5.79. The molecule has 0 spiro atoms. The lowest BCUT2D eigenvalue weighted by atomic mass is 10.1. The molecule has 0 aliphatic carbocycles. The van der Waals surface area contributed by atoms with E-state index in [0.717, 1.165) is 24.4 Å². The molecule has 3 nitrogen and oxygen atoms in total. The van der Waals surface area contributed by atoms with E-state index in [2.05, 4.69) is 24.3 Å². The average Bonchev–Trinajstić information content (AvgIpc) is 2.86. The molecule has 0 aliphatic heterocycles. The molecule has 1 heterocycles. The molecule has 0 bridgehead atoms. The van der Waals surface area contributed by atoms with Crippen LogP contribution in [0.15, 0.2) is 46.9 Å². The number of rotatable bonds is 7. The molecule has 0 aliphatic rings. The molecule has 102 valence electrons. The van der Waals surface area contributed by atoms with Crippen LogP contribution in [-0.4, -0.2) is 13.2 Å². The van der Waals surface area contributed by atoms with E-state index in [-0.39, 0.29) is 6.10 Å². The van der Waals surface area contributed by atoms with Gasteiger partial charge in [-0.25, -0.2) is 0 Å². The normalized spacial score (nSPS) is 12.5. The van der Waals surface area contributed by atoms with E-state index in [0.29, 0.717) is 13.2 Å². The lowest BCUT2D eigenvalue weighted by Gasteiger charge is -2.13. The van der Waals surface area contributed by atoms with Crippen molar-refractivity contribution in [2.24, 2.45) is 5.73 Å². The molecule has 0 amide bonds. The Morgan fingerprint density at radius 2 is 1.95 bits per heavy atom. The first-order valence-corrected chi connectivity index (χ1v) is 6.71. The summed E-state index contributed by atoms with van der Waals surface area (Å²) >= 11 is 0. The van der Waals surface area contributed by atoms with Crippen molar-refractivity contribution in [3.05, 3.63) is 59.5 Å². The van der Waals surface area contributed by atoms with E-state index < -0.39 is 0 Å². The van der Waals surface area contributed by atoms with Crippen LogP contribution in [0.3, 0.4) is 0 Å². The van der Waals surface area contributed by atoms with Gasteiger partial charge in [0.25, 0.3) is 0 Å². The van der Waals surface area contributed by atoms with Crippen molar-refractivity contribution >= 4 is 0 Å². The van der Waals surface area contributed by atoms with Crippen LogP contribution < -0.4 is 5.73 Å². The minimum atomic E-state index is -0.135. The molecule has 1 aromatic heterocycles. The van der Waals surface area contributed by atoms with Crippen LogP contribution in [0.25, 0.3) is 0 Å². The third kappa shape index (κ3) is 4.23. The van der Waals surface area contributed by atoms with E-state index >= 15 is 0 Å². The molecular weight excluding hydrogens is 238 g/mol. The van der Waals surface area contributed by atoms with E-state index in [9.17, 15) is 0 Å². The molecule has 0 saturated heterocycles. The first kappa shape index (κ1) is 13.8. The van der Waals surface area contributed by atoms with Gasteiger partial charge in [-0.3, -0.25) is 0 Å². The van der Waals surface area contributed by atoms with Gasteiger partial charge in [-0.15, -0.1) is 0 Å². The molecule has 1 atom stereocenters. The van der Waals surface area contributed by atoms with Crippen molar-refractivity contribution in [1.82, 2.24) is 0 Å². The van der Waals surface area contributed by atoms with Crippen LogP contribution >= 0.6 is 0 Å². The molecule has 0 radical (unpaired) electrons. The van der Waals surface area contributed by atoms with Crippen molar-refractivity contribution in [1.29, 1.82) is 0 Å². The number of hydrogen-bond donors (Lipinski definition) is 1. The molecule has 3 heteroatoms. The Balaban J connectivity index is 1.75. The van der Waals surface area contributed by atoms with Crippen LogP contribution in [0.1, 0.15) is 29.6 Å². The molecule has 2 aromatic rings. The Bertz CT molecular complexity index is 479. The minimum Gasteiger partial charge on any atom is -0.464 e. The first-order chi connectivity index (χ1) is 9.29. The number of nitrogens with two attached hydrogens (primary N) is 1. The zero-order valence-electron chi connectivity index (χ0n) is 11.3. The summed E-state index contributed by atoms with van der Waals surface area (Å²) in [5.74, 6) is 1.71. The highest BCUT2D eigenvalue weighted by Gasteiger charge is 2.13. The Labute approximate surface area is 114 Å². The zero-order valence-corrected chi connectivity index (χ0v) is 11.3. The monoisotopic (exact) mass is 259 g/mol. The van der Waals surface area contributed by atoms with Gasteiger partial charge in [0.2, 0.25) is 0 Å². The summed E-state index contributed by atoms with van der Waals surface area (Å²) in [6, 6.07) is 14.3. The summed E-state index contributed by atoms with van der Waals surface area (Å²) in [7, 11) is 0. The van der Waals surface area contributed by atoms with Gasteiger partial charge in [0.1, 0.15) is 17.6 Å². The molecule has 1 aromatic carbocycles. The summed E-state index contributed by atoms with van der Waals surface area (Å²) in [5, 5.41) is 0. The summed E-state index contributed by atoms with van der Waals surface area (Å²) in [5.41, 5.74) is 7.06. The Morgan fingerprint density at radius 3 is 2.58 bits per heavy atom. The summed E-state index contributed by atoms with van der Waals surface area (Å²) < 4.78 is 11.3. The van der Waals surface area contributed by atoms with Gasteiger partial charge in [-0.2, -0.15) is 0 Å². The molecule has 19 heavy (non-hydrogen) atoms. The van der Waals surface area contributed by atoms with E-state index in [1.165, 1.54) is 5.56 Å². The fourth-order valence-corrected chi connectivity index (χ4v) is 2.04. The maximum Gasteiger partial charge on any atom is 0.134 e. The highest BCUT2D eigenvalue weighted by molar-refractivity contribution is 5.14. The predicted octanol–water partition coefficient (Wildman–Crippen LogP) is 3.24. The number of ether oxygens (including phenoxy) is 1. The number of aryl methyl sites for hydroxylation is 2. The molecule has 0 saturated carbocycles. The average molecular weight is 259 g/mol. The summed E-state index contributed by atoms with van der Waals surface area (Å²) in [4.78, 5) is 0. The van der Waals surface area contributed by atoms with Gasteiger partial charge < -0.3 is 14.9 Å². The number of hydrogen-bond acceptors (Lipinski definition) is 3. The second kappa shape index (κ2) is 7.12. The molecule has 2 rings (SSSR count). The predicted molar refractivity (Wildman–Crippen MR) is 76.0 cm³/mol. The lowest BCUT2D eigenvalue weighted by molar-refractivity contribution is 0.0419. The third-order valence-electron chi connectivity index (χ3n) is 3.06. The first-order valence-electron chi connectivity index (χ1n) is 6.71. The van der Waals surface area contributed by atoms with E-state index in [1.54, 1.807) is 0 Å². The van der Waals surface area contributed by atoms with Gasteiger partial charge >= 0.3 is 0 Å². The van der Waals surface area contributed by atoms with Crippen LogP contribution in [-0.2, 0) is 11.2 Å². The van der Waals surface area contributed by atoms with Gasteiger partial charge in [0.05, 0.1) is 0 Å². The van der Waals surface area contributed by atoms with Crippen molar-refractivity contribution in [2.75, 3.05) is 13.2 Å². The standard InChI is InChI=1S/C16H21NO2/c1-13-9-10-15(19-13)16(12-17)18-11-5-8-14-6-3-2-4-7-14/h2-4,6-7,9-10,16H,5,8,11-12,17H2,1H3. The van der Waals surface area contributed by atoms with Crippen molar-refractivity contribution in [3.8, 4) is 0 Å². The van der Waals surface area contributed by atoms with Gasteiger partial charge in [0, 0.05) is 13.2 Å². The zero-order chi connectivity index (χ0) is 13.5. The van der Waals surface area contributed by atoms with E-state index in [4.69, 9.17) is 14.9 Å². The van der Waals surface area contributed by atoms with Crippen LogP contribution in [0.2, 0.25) is 0 Å². The lowest BCUT2D eigenvalue weighted by Crippen LogP contribution is -2.16. The topological polar surface area (TPSA) is 48.4 Å². The van der Waals surface area contributed by atoms with Gasteiger partial charge in [0.15, 0.2) is 0 Å². The van der Waals surface area contributed by atoms with Crippen molar-refractivity contribution in [3.63, 3.8) is 0 Å². The van der Waals surface area contributed by atoms with Gasteiger partial charge in [-0.1, -0.05) is 30.3 Å². The van der Waals surface area contributed by atoms with Crippen LogP contribution in [0.5, 0.6) is 0 Å². The van der Waals surface area contributed by atoms with Crippen LogP contribution in [0.4, 0.5) is 0 Å². The molecular formula is C16H21NO2. The Hall–Kier alpha value is -1.58. The number of benzene rings is 1. The van der Waals surface area contributed by atoms with Crippen LogP contribution in [0, 0.1) is 6.92 Å². The minimum absolute atomic E-state index is 0.135. The second-order valence-electron chi connectivity index (χ2n) is 4.63.